The molecule has 0 aliphatic carbocycles. The van der Waals surface area contributed by atoms with Crippen LogP contribution in [0.5, 0.6) is 0 Å². The minimum absolute atomic E-state index is 0.449. The zero-order valence-electron chi connectivity index (χ0n) is 13.4. The van der Waals surface area contributed by atoms with Gasteiger partial charge in [-0.05, 0) is 63.1 Å². The molecule has 124 valence electrons. The summed E-state index contributed by atoms with van der Waals surface area (Å²) in [5.41, 5.74) is 1.33. The minimum Gasteiger partial charge on any atom is -0.360 e. The number of benzene rings is 2. The molecule has 0 radical (unpaired) electrons. The fourth-order valence-electron chi connectivity index (χ4n) is 2.70. The van der Waals surface area contributed by atoms with Gasteiger partial charge in [-0.25, -0.2) is 0 Å². The van der Waals surface area contributed by atoms with Gasteiger partial charge in [0.2, 0.25) is 0 Å². The summed E-state index contributed by atoms with van der Waals surface area (Å²) in [6.45, 7) is 8.37. The van der Waals surface area contributed by atoms with Crippen LogP contribution in [0.25, 0.3) is 0 Å². The number of rotatable bonds is 4. The van der Waals surface area contributed by atoms with E-state index in [0.717, 1.165) is 29.0 Å². The van der Waals surface area contributed by atoms with Gasteiger partial charge in [-0.1, -0.05) is 75.9 Å². The second kappa shape index (κ2) is 7.28. The molecule has 23 heavy (non-hydrogen) atoms. The monoisotopic (exact) mass is 566 g/mol. The average molecular weight is 570 g/mol. The molecule has 2 aromatic rings. The summed E-state index contributed by atoms with van der Waals surface area (Å²) in [7, 11) is 0. The Kier molecular flexibility index (Phi) is 6.22. The second-order valence-corrected chi connectivity index (χ2v) is 9.91. The van der Waals surface area contributed by atoms with E-state index in [-0.39, 0.29) is 0 Å². The molecule has 0 heterocycles. The third-order valence-electron chi connectivity index (χ3n) is 3.67. The summed E-state index contributed by atoms with van der Waals surface area (Å²) in [5.74, 6) is 0. The van der Waals surface area contributed by atoms with Crippen molar-refractivity contribution < 1.29 is 4.74 Å². The molecule has 0 unspecified atom stereocenters. The van der Waals surface area contributed by atoms with Crippen molar-refractivity contribution >= 4 is 63.7 Å². The average Bonchev–Trinajstić information content (AvgIpc) is 2.35. The SMILES string of the molecule is CC(C)(OC(C)(C)c1ccc(Br)cc1Br)c1ccc(Br)cc1Br. The zero-order chi connectivity index (χ0) is 17.4. The lowest BCUT2D eigenvalue weighted by atomic mass is 9.93. The summed E-state index contributed by atoms with van der Waals surface area (Å²) in [5, 5.41) is 0. The Labute approximate surface area is 171 Å². The van der Waals surface area contributed by atoms with Crippen molar-refractivity contribution in [2.45, 2.75) is 38.9 Å². The van der Waals surface area contributed by atoms with Crippen molar-refractivity contribution in [2.24, 2.45) is 0 Å². The summed E-state index contributed by atoms with van der Waals surface area (Å²) in [4.78, 5) is 0. The Balaban J connectivity index is 2.37. The molecule has 0 N–H and O–H groups in total. The van der Waals surface area contributed by atoms with Gasteiger partial charge in [0.1, 0.15) is 0 Å². The largest absolute Gasteiger partial charge is 0.360 e. The highest BCUT2D eigenvalue weighted by Crippen LogP contribution is 2.41. The van der Waals surface area contributed by atoms with Crippen LogP contribution in [0, 0.1) is 0 Å². The van der Waals surface area contributed by atoms with Gasteiger partial charge in [0.25, 0.3) is 0 Å². The van der Waals surface area contributed by atoms with Gasteiger partial charge in [0.05, 0.1) is 11.2 Å². The third kappa shape index (κ3) is 4.69. The van der Waals surface area contributed by atoms with Crippen molar-refractivity contribution in [2.75, 3.05) is 0 Å². The Bertz CT molecular complexity index is 661. The van der Waals surface area contributed by atoms with E-state index in [1.54, 1.807) is 0 Å². The Hall–Kier alpha value is 0.320. The van der Waals surface area contributed by atoms with Gasteiger partial charge < -0.3 is 4.74 Å². The molecule has 0 aromatic heterocycles. The highest BCUT2D eigenvalue weighted by Gasteiger charge is 2.34. The molecule has 0 fully saturated rings. The minimum atomic E-state index is -0.449. The molecule has 0 saturated carbocycles. The van der Waals surface area contributed by atoms with Gasteiger partial charge in [-0.3, -0.25) is 0 Å². The van der Waals surface area contributed by atoms with Crippen molar-refractivity contribution in [3.8, 4) is 0 Å². The van der Waals surface area contributed by atoms with Gasteiger partial charge in [0.15, 0.2) is 0 Å². The van der Waals surface area contributed by atoms with Crippen LogP contribution in [-0.2, 0) is 15.9 Å². The maximum Gasteiger partial charge on any atom is 0.0898 e. The molecule has 0 bridgehead atoms. The van der Waals surface area contributed by atoms with Crippen LogP contribution in [0.15, 0.2) is 54.3 Å². The molecule has 0 amide bonds. The van der Waals surface area contributed by atoms with E-state index in [4.69, 9.17) is 4.74 Å². The topological polar surface area (TPSA) is 9.23 Å². The molecular weight excluding hydrogens is 552 g/mol. The predicted octanol–water partition coefficient (Wildman–Crippen LogP) is 7.92. The van der Waals surface area contributed by atoms with Crippen LogP contribution in [0.4, 0.5) is 0 Å². The molecule has 0 aliphatic rings. The van der Waals surface area contributed by atoms with Crippen molar-refractivity contribution in [1.82, 2.24) is 0 Å². The lowest BCUT2D eigenvalue weighted by Gasteiger charge is -2.38. The lowest BCUT2D eigenvalue weighted by molar-refractivity contribution is -0.133. The van der Waals surface area contributed by atoms with Crippen LogP contribution in [0.3, 0.4) is 0 Å². The van der Waals surface area contributed by atoms with Gasteiger partial charge in [0, 0.05) is 17.9 Å². The molecule has 5 heteroatoms. The van der Waals surface area contributed by atoms with E-state index in [0.29, 0.717) is 0 Å². The molecule has 0 saturated heterocycles. The van der Waals surface area contributed by atoms with E-state index < -0.39 is 11.2 Å². The zero-order valence-corrected chi connectivity index (χ0v) is 19.7. The normalized spacial score (nSPS) is 12.5. The summed E-state index contributed by atoms with van der Waals surface area (Å²) in [6.07, 6.45) is 0. The Morgan fingerprint density at radius 2 is 1.00 bits per heavy atom. The van der Waals surface area contributed by atoms with Crippen molar-refractivity contribution in [1.29, 1.82) is 0 Å². The summed E-state index contributed by atoms with van der Waals surface area (Å²) in [6, 6.07) is 12.3. The first-order valence-electron chi connectivity index (χ1n) is 7.14. The molecule has 0 spiro atoms. The Morgan fingerprint density at radius 3 is 1.30 bits per heavy atom. The fourth-order valence-corrected chi connectivity index (χ4v) is 5.75. The number of hydrogen-bond acceptors (Lipinski definition) is 1. The summed E-state index contributed by atoms with van der Waals surface area (Å²) < 4.78 is 10.7. The summed E-state index contributed by atoms with van der Waals surface area (Å²) >= 11 is 14.3. The van der Waals surface area contributed by atoms with Gasteiger partial charge in [-0.15, -0.1) is 0 Å². The van der Waals surface area contributed by atoms with Crippen LogP contribution >= 0.6 is 63.7 Å². The van der Waals surface area contributed by atoms with Crippen LogP contribution in [-0.4, -0.2) is 0 Å². The van der Waals surface area contributed by atoms with Crippen LogP contribution in [0.2, 0.25) is 0 Å². The molecule has 2 rings (SSSR count). The number of halogens is 4. The van der Waals surface area contributed by atoms with Crippen LogP contribution in [0.1, 0.15) is 38.8 Å². The van der Waals surface area contributed by atoms with E-state index in [2.05, 4.69) is 104 Å². The first-order valence-corrected chi connectivity index (χ1v) is 10.3. The third-order valence-corrected chi connectivity index (χ3v) is 5.97. The molecule has 2 aromatic carbocycles. The second-order valence-electron chi connectivity index (χ2n) is 6.37. The maximum absolute atomic E-state index is 6.55. The highest BCUT2D eigenvalue weighted by atomic mass is 79.9. The molecule has 0 aliphatic heterocycles. The van der Waals surface area contributed by atoms with E-state index in [1.165, 1.54) is 0 Å². The smallest absolute Gasteiger partial charge is 0.0898 e. The van der Waals surface area contributed by atoms with Crippen LogP contribution < -0.4 is 0 Å². The number of ether oxygens (including phenoxy) is 1. The quantitative estimate of drug-likeness (QED) is 0.363. The van der Waals surface area contributed by atoms with E-state index in [1.807, 2.05) is 24.3 Å². The molecular formula is C18H18Br4O. The van der Waals surface area contributed by atoms with E-state index >= 15 is 0 Å². The standard InChI is InChI=1S/C18H18Br4O/c1-17(2,13-7-5-11(19)9-15(13)21)23-18(3,4)14-8-6-12(20)10-16(14)22/h5-10H,1-4H3. The first kappa shape index (κ1) is 19.6. The van der Waals surface area contributed by atoms with Crippen molar-refractivity contribution in [3.63, 3.8) is 0 Å². The fraction of sp³-hybridized carbons (Fsp3) is 0.333. The van der Waals surface area contributed by atoms with E-state index in [9.17, 15) is 0 Å². The predicted molar refractivity (Wildman–Crippen MR) is 111 cm³/mol. The first-order chi connectivity index (χ1) is 10.5. The van der Waals surface area contributed by atoms with Gasteiger partial charge >= 0.3 is 0 Å². The lowest BCUT2D eigenvalue weighted by Crippen LogP contribution is -2.34. The number of hydrogen-bond donors (Lipinski definition) is 0. The highest BCUT2D eigenvalue weighted by molar-refractivity contribution is 9.11. The molecule has 0 atom stereocenters. The Morgan fingerprint density at radius 1 is 0.652 bits per heavy atom. The van der Waals surface area contributed by atoms with Gasteiger partial charge in [-0.2, -0.15) is 0 Å². The van der Waals surface area contributed by atoms with Crippen molar-refractivity contribution in [3.05, 3.63) is 65.4 Å². The maximum atomic E-state index is 6.55. The molecule has 1 nitrogen and oxygen atoms in total.